The number of Topliss-reactive ketones (excluding diaryl/α,β-unsaturated/α-hetero) is 2. The van der Waals surface area contributed by atoms with Gasteiger partial charge in [-0.25, -0.2) is 0 Å². The van der Waals surface area contributed by atoms with Crippen molar-refractivity contribution in [3.8, 4) is 23.3 Å². The number of aliphatic hydroxyl groups is 5. The van der Waals surface area contributed by atoms with Gasteiger partial charge in [-0.1, -0.05) is 79.5 Å². The molecular formula is C64H77N5O9. The number of fused-ring (bicyclic) bond motifs is 3. The zero-order valence-corrected chi connectivity index (χ0v) is 44.8. The second kappa shape index (κ2) is 21.4. The van der Waals surface area contributed by atoms with Crippen LogP contribution < -0.4 is 26.4 Å². The second-order valence-electron chi connectivity index (χ2n) is 24.2. The number of methoxy groups -OCH3 is 1. The number of hydrogen-bond donors (Lipinski definition) is 11. The number of ketones is 2. The molecule has 1 saturated heterocycles. The first kappa shape index (κ1) is 52.9. The van der Waals surface area contributed by atoms with Crippen LogP contribution in [0, 0.1) is 64.6 Å². The fraction of sp³-hybridized carbons (Fsp3) is 0.531. The lowest BCUT2D eigenvalue weighted by Crippen LogP contribution is -2.66. The van der Waals surface area contributed by atoms with Crippen molar-refractivity contribution in [1.29, 1.82) is 0 Å². The highest BCUT2D eigenvalue weighted by atomic mass is 16.5. The minimum Gasteiger partial charge on any atom is -0.504 e. The van der Waals surface area contributed by atoms with Crippen LogP contribution in [0.3, 0.4) is 0 Å². The van der Waals surface area contributed by atoms with E-state index in [9.17, 15) is 35.4 Å². The Hall–Kier alpha value is -5.76. The number of phenols is 1. The summed E-state index contributed by atoms with van der Waals surface area (Å²) in [5.74, 6) is 7.59. The zero-order chi connectivity index (χ0) is 54.1. The Kier molecular flexibility index (Phi) is 14.5. The number of nitrogens with two attached hydrogens (primary N) is 1. The Bertz CT molecular complexity index is 3120. The molecule has 2 aliphatic heterocycles. The number of carbonyl (C=O) groups excluding carboxylic acids is 2. The Morgan fingerprint density at radius 1 is 0.974 bits per heavy atom. The number of benzene rings is 3. The fourth-order valence-corrected chi connectivity index (χ4v) is 17.0. The first-order valence-corrected chi connectivity index (χ1v) is 28.9. The third-order valence-corrected chi connectivity index (χ3v) is 20.4. The number of phenolic OH excluding ortho intramolecular Hbond substituents is 1. The highest BCUT2D eigenvalue weighted by molar-refractivity contribution is 5.90. The molecule has 1 aromatic heterocycles. The van der Waals surface area contributed by atoms with Crippen molar-refractivity contribution in [3.63, 3.8) is 0 Å². The third kappa shape index (κ3) is 9.21. The van der Waals surface area contributed by atoms with Crippen LogP contribution >= 0.6 is 0 Å². The molecule has 0 bridgehead atoms. The van der Waals surface area contributed by atoms with E-state index in [0.717, 1.165) is 52.7 Å². The molecule has 3 heterocycles. The zero-order valence-electron chi connectivity index (χ0n) is 44.8. The molecule has 8 aliphatic rings. The maximum Gasteiger partial charge on any atom is 0.160 e. The largest absolute Gasteiger partial charge is 0.504 e. The normalized spacial score (nSPS) is 33.7. The van der Waals surface area contributed by atoms with Gasteiger partial charge in [-0.2, -0.15) is 0 Å². The van der Waals surface area contributed by atoms with Crippen LogP contribution in [0.25, 0.3) is 16.8 Å². The molecule has 14 nitrogen and oxygen atoms in total. The molecule has 14 heteroatoms. The molecule has 6 aliphatic carbocycles. The summed E-state index contributed by atoms with van der Waals surface area (Å²) in [6.07, 6.45) is 8.36. The first-order valence-electron chi connectivity index (χ1n) is 28.9. The van der Waals surface area contributed by atoms with Gasteiger partial charge in [0.1, 0.15) is 11.2 Å². The summed E-state index contributed by atoms with van der Waals surface area (Å²) in [7, 11) is 1.48. The van der Waals surface area contributed by atoms with Crippen molar-refractivity contribution >= 4 is 28.4 Å². The Morgan fingerprint density at radius 2 is 1.81 bits per heavy atom. The van der Waals surface area contributed by atoms with Crippen molar-refractivity contribution in [1.82, 2.24) is 20.9 Å². The summed E-state index contributed by atoms with van der Waals surface area (Å²) in [6.45, 7) is 4.88. The van der Waals surface area contributed by atoms with E-state index in [0.29, 0.717) is 55.8 Å². The van der Waals surface area contributed by atoms with Gasteiger partial charge in [-0.3, -0.25) is 9.59 Å². The van der Waals surface area contributed by atoms with E-state index in [-0.39, 0.29) is 121 Å². The number of aryl methyl sites for hydroxylation is 1. The molecule has 17 atom stereocenters. The van der Waals surface area contributed by atoms with Gasteiger partial charge < -0.3 is 62.0 Å². The van der Waals surface area contributed by atoms with Crippen LogP contribution in [-0.4, -0.2) is 111 Å². The number of carbonyl (C=O) groups is 2. The standard InChI is InChI=1S/C64H77N5O9/c1-3-66-31-46-57(41(13-15-56(76)77)45-32-68-47-29-48(70)42-12-10-40-30-69-63-58(40)59(42)62(47)60(45)61(46)63)39-17-20-64(54(75)25-39)19-16-37(44-28-51(73)52(78-2)24-36(44)11-14-53(64)74)23-49(71)50(72)27-43(38-18-21-67-55(65)26-38)35-9-8-33-6-4-5-7-34(33)22-35/h4-10,12,18,22,24,26,28,30,37,39,41-43,45-47,49-50,54,56-57,59-62,66-69,71-73,75-77H,3,11,13-15,17,20-21,23,25,27,29,31-32,65H2,1-2H3/t37-,39+,41-,42-,43-,45+,46-,47+,49-,50+,54+,57+,59-,60-,61-,62+,64+/m0/s1. The van der Waals surface area contributed by atoms with Gasteiger partial charge >= 0.3 is 0 Å². The lowest BCUT2D eigenvalue weighted by atomic mass is 9.41. The molecule has 78 heavy (non-hydrogen) atoms. The second-order valence-corrected chi connectivity index (χ2v) is 24.2. The van der Waals surface area contributed by atoms with Crippen LogP contribution in [0.15, 0.2) is 90.4 Å². The van der Waals surface area contributed by atoms with Gasteiger partial charge in [-0.15, -0.1) is 0 Å². The van der Waals surface area contributed by atoms with Crippen molar-refractivity contribution in [2.24, 2.45) is 58.5 Å². The number of aromatic hydroxyl groups is 1. The number of nitrogens with one attached hydrogen (secondary N) is 4. The van der Waals surface area contributed by atoms with Gasteiger partial charge in [0.25, 0.3) is 0 Å². The summed E-state index contributed by atoms with van der Waals surface area (Å²) in [5, 5.41) is 82.6. The van der Waals surface area contributed by atoms with E-state index in [2.05, 4.69) is 94.5 Å². The molecule has 3 saturated carbocycles. The molecule has 12 rings (SSSR count). The van der Waals surface area contributed by atoms with E-state index in [1.54, 1.807) is 12.1 Å². The molecule has 12 N–H and O–H groups in total. The van der Waals surface area contributed by atoms with Crippen molar-refractivity contribution in [3.05, 3.63) is 124 Å². The number of ether oxygens (including phenoxy) is 1. The molecule has 1 spiro atoms. The predicted octanol–water partition coefficient (Wildman–Crippen LogP) is 6.13. The lowest BCUT2D eigenvalue weighted by molar-refractivity contribution is -0.144. The third-order valence-electron chi connectivity index (χ3n) is 20.4. The Labute approximate surface area is 457 Å². The van der Waals surface area contributed by atoms with Crippen molar-refractivity contribution < 1.29 is 45.0 Å². The number of rotatable bonds is 15. The van der Waals surface area contributed by atoms with E-state index in [1.807, 2.05) is 18.2 Å². The van der Waals surface area contributed by atoms with E-state index in [4.69, 9.17) is 10.5 Å². The quantitative estimate of drug-likeness (QED) is 0.0475. The van der Waals surface area contributed by atoms with Crippen LogP contribution in [0.2, 0.25) is 0 Å². The Morgan fingerprint density at radius 3 is 2.59 bits per heavy atom. The average molecular weight is 1060 g/mol. The number of H-pyrrole nitrogens is 1. The number of hydrogen-bond acceptors (Lipinski definition) is 13. The summed E-state index contributed by atoms with van der Waals surface area (Å²) < 4.78 is 5.57. The molecular weight excluding hydrogens is 983 g/mol. The summed E-state index contributed by atoms with van der Waals surface area (Å²) >= 11 is 0. The van der Waals surface area contributed by atoms with E-state index in [1.165, 1.54) is 18.4 Å². The van der Waals surface area contributed by atoms with Gasteiger partial charge in [0.2, 0.25) is 0 Å². The summed E-state index contributed by atoms with van der Waals surface area (Å²) in [5.41, 5.74) is 11.8. The van der Waals surface area contributed by atoms with Crippen molar-refractivity contribution in [2.75, 3.05) is 33.3 Å². The predicted molar refractivity (Wildman–Crippen MR) is 298 cm³/mol. The van der Waals surface area contributed by atoms with Gasteiger partial charge in [0, 0.05) is 66.9 Å². The van der Waals surface area contributed by atoms with E-state index >= 15 is 4.79 Å². The number of aromatic amines is 1. The smallest absolute Gasteiger partial charge is 0.160 e. The molecule has 3 aromatic carbocycles. The molecule has 412 valence electrons. The molecule has 4 fully saturated rings. The minimum atomic E-state index is -1.47. The highest BCUT2D eigenvalue weighted by Crippen LogP contribution is 2.67. The maximum atomic E-state index is 15.1. The van der Waals surface area contributed by atoms with Gasteiger partial charge in [0.05, 0.1) is 31.2 Å². The number of dihydropyridines is 1. The molecule has 4 aromatic rings. The summed E-state index contributed by atoms with van der Waals surface area (Å²) in [6, 6.07) is 17.8. The number of allylic oxidation sites excluding steroid dienone is 3. The first-order chi connectivity index (χ1) is 37.8. The highest BCUT2D eigenvalue weighted by Gasteiger charge is 2.65. The molecule has 0 radical (unpaired) electrons. The van der Waals surface area contributed by atoms with Crippen LogP contribution in [0.1, 0.15) is 122 Å². The van der Waals surface area contributed by atoms with Crippen LogP contribution in [0.4, 0.5) is 0 Å². The molecule has 0 unspecified atom stereocenters. The number of piperidine rings is 1. The monoisotopic (exact) mass is 1060 g/mol. The minimum absolute atomic E-state index is 0.0145. The van der Waals surface area contributed by atoms with Crippen LogP contribution in [-0.2, 0) is 16.0 Å². The number of aromatic nitrogens is 1. The van der Waals surface area contributed by atoms with Gasteiger partial charge in [0.15, 0.2) is 23.6 Å². The average Bonchev–Trinajstić information content (AvgIpc) is 3.45. The topological polar surface area (TPSA) is 243 Å². The summed E-state index contributed by atoms with van der Waals surface area (Å²) in [4.78, 5) is 32.7. The maximum absolute atomic E-state index is 15.1. The number of aliphatic hydroxyl groups excluding tert-OH is 4. The lowest BCUT2D eigenvalue weighted by Gasteiger charge is -2.65. The van der Waals surface area contributed by atoms with Crippen molar-refractivity contribution in [2.45, 2.75) is 125 Å². The Balaban J connectivity index is 0.873. The van der Waals surface area contributed by atoms with Crippen LogP contribution in [0.5, 0.6) is 11.5 Å². The van der Waals surface area contributed by atoms with E-state index < -0.39 is 35.9 Å². The fourth-order valence-electron chi connectivity index (χ4n) is 17.0. The SMILES string of the molecule is CCNC[C@@H]1[C@@H]2c3[nH]cc4c3[C@H]3[C@@H]5[C@H]2[C@H](CN[C@@H]5CC(=O)[C@@H]3C=C4)[C@H](CCC(O)O)[C@H]1[C@@H]1CC[C@@]2(C#C[C@@H](C[C@H](O)[C@H](O)C[C@H](C3=CCNC(N)=C3)c3ccc4ccccc4c3)c3cc(O)c(OC)cc3CCC2=O)[C@H](O)C1. The molecule has 0 amide bonds. The van der Waals surface area contributed by atoms with Gasteiger partial charge in [-0.05, 0) is 175 Å².